The molecule has 1 rings (SSSR count). The number of aliphatic hydroxyl groups is 1. The number of hydrogen-bond donors (Lipinski definition) is 1. The molecule has 1 unspecified atom stereocenters. The maximum Gasteiger partial charge on any atom is 0.153 e. The highest BCUT2D eigenvalue weighted by atomic mass is 35.5. The van der Waals surface area contributed by atoms with Crippen LogP contribution in [0.2, 0.25) is 0 Å². The third kappa shape index (κ3) is 2.13. The fourth-order valence-corrected chi connectivity index (χ4v) is 1.08. The van der Waals surface area contributed by atoms with Gasteiger partial charge in [-0.3, -0.25) is 0 Å². The van der Waals surface area contributed by atoms with Crippen LogP contribution in [0.1, 0.15) is 11.1 Å². The van der Waals surface area contributed by atoms with Crippen molar-refractivity contribution < 1.29 is 5.11 Å². The minimum Gasteiger partial charge on any atom is -0.378 e. The molecule has 0 saturated heterocycles. The lowest BCUT2D eigenvalue weighted by Crippen LogP contribution is -2.08. The Morgan fingerprint density at radius 2 is 1.75 bits per heavy atom. The number of anilines is 1. The van der Waals surface area contributed by atoms with E-state index in [1.54, 1.807) is 0 Å². The van der Waals surface area contributed by atoms with Crippen molar-refractivity contribution in [2.24, 2.45) is 0 Å². The van der Waals surface area contributed by atoms with Crippen molar-refractivity contribution >= 4 is 17.3 Å². The number of hydrogen-bond acceptors (Lipinski definition) is 2. The molecule has 66 valence electrons. The standard InChI is InChI=1S/C9H12ClNO/c1-11(2)8-5-3-7(4-6-8)9(10)12/h3-6,9,12H,1-2H3. The van der Waals surface area contributed by atoms with Gasteiger partial charge in [-0.05, 0) is 17.7 Å². The molecule has 12 heavy (non-hydrogen) atoms. The molecule has 3 heteroatoms. The first kappa shape index (κ1) is 9.36. The van der Waals surface area contributed by atoms with E-state index in [4.69, 9.17) is 16.7 Å². The Morgan fingerprint density at radius 1 is 1.25 bits per heavy atom. The molecule has 0 aliphatic heterocycles. The van der Waals surface area contributed by atoms with E-state index in [-0.39, 0.29) is 0 Å². The van der Waals surface area contributed by atoms with Gasteiger partial charge in [0.05, 0.1) is 0 Å². The van der Waals surface area contributed by atoms with Gasteiger partial charge >= 0.3 is 0 Å². The molecule has 0 saturated carbocycles. The molecule has 0 bridgehead atoms. The number of nitrogens with zero attached hydrogens (tertiary/aromatic N) is 1. The molecule has 0 aliphatic rings. The second kappa shape index (κ2) is 3.78. The van der Waals surface area contributed by atoms with Crippen LogP contribution in [0, 0.1) is 0 Å². The molecule has 1 N–H and O–H groups in total. The number of alkyl halides is 1. The molecule has 0 heterocycles. The Labute approximate surface area is 77.4 Å². The van der Waals surface area contributed by atoms with Crippen LogP contribution in [0.5, 0.6) is 0 Å². The van der Waals surface area contributed by atoms with E-state index in [9.17, 15) is 0 Å². The van der Waals surface area contributed by atoms with Gasteiger partial charge in [-0.2, -0.15) is 0 Å². The number of benzene rings is 1. The number of aliphatic hydroxyl groups excluding tert-OH is 1. The molecule has 1 aromatic carbocycles. The van der Waals surface area contributed by atoms with Crippen molar-refractivity contribution in [3.8, 4) is 0 Å². The molecular weight excluding hydrogens is 174 g/mol. The summed E-state index contributed by atoms with van der Waals surface area (Å²) in [7, 11) is 3.93. The van der Waals surface area contributed by atoms with Crippen LogP contribution >= 0.6 is 11.6 Å². The summed E-state index contributed by atoms with van der Waals surface area (Å²) in [6.45, 7) is 0. The molecule has 1 atom stereocenters. The van der Waals surface area contributed by atoms with E-state index in [0.717, 1.165) is 11.3 Å². The molecule has 0 aromatic heterocycles. The first-order valence-electron chi connectivity index (χ1n) is 3.70. The highest BCUT2D eigenvalue weighted by Gasteiger charge is 2.01. The Hall–Kier alpha value is -0.730. The topological polar surface area (TPSA) is 23.5 Å². The van der Waals surface area contributed by atoms with Gasteiger partial charge in [0.2, 0.25) is 0 Å². The fraction of sp³-hybridized carbons (Fsp3) is 0.333. The van der Waals surface area contributed by atoms with Crippen molar-refractivity contribution in [3.05, 3.63) is 29.8 Å². The zero-order valence-corrected chi connectivity index (χ0v) is 7.92. The monoisotopic (exact) mass is 185 g/mol. The van der Waals surface area contributed by atoms with E-state index < -0.39 is 5.56 Å². The Balaban J connectivity index is 2.86. The minimum absolute atomic E-state index is 0.724. The summed E-state index contributed by atoms with van der Waals surface area (Å²) in [6.07, 6.45) is 0. The number of rotatable bonds is 2. The summed E-state index contributed by atoms with van der Waals surface area (Å²) in [6, 6.07) is 7.46. The summed E-state index contributed by atoms with van der Waals surface area (Å²) >= 11 is 5.48. The van der Waals surface area contributed by atoms with Crippen molar-refractivity contribution in [2.75, 3.05) is 19.0 Å². The van der Waals surface area contributed by atoms with Gasteiger partial charge in [0, 0.05) is 19.8 Å². The summed E-state index contributed by atoms with van der Waals surface area (Å²) in [5, 5.41) is 9.01. The largest absolute Gasteiger partial charge is 0.378 e. The molecule has 1 aromatic rings. The van der Waals surface area contributed by atoms with Gasteiger partial charge in [0.25, 0.3) is 0 Å². The first-order chi connectivity index (χ1) is 5.61. The predicted octanol–water partition coefficient (Wildman–Crippen LogP) is 1.98. The van der Waals surface area contributed by atoms with Gasteiger partial charge in [-0.1, -0.05) is 23.7 Å². The van der Waals surface area contributed by atoms with E-state index in [0.29, 0.717) is 0 Å². The lowest BCUT2D eigenvalue weighted by molar-refractivity contribution is 0.263. The van der Waals surface area contributed by atoms with Crippen molar-refractivity contribution in [1.29, 1.82) is 0 Å². The molecule has 0 fully saturated rings. The summed E-state index contributed by atoms with van der Waals surface area (Å²) in [5.74, 6) is 0. The maximum atomic E-state index is 9.01. The summed E-state index contributed by atoms with van der Waals surface area (Å²) < 4.78 is 0. The second-order valence-electron chi connectivity index (χ2n) is 2.82. The predicted molar refractivity (Wildman–Crippen MR) is 51.6 cm³/mol. The minimum atomic E-state index is -0.902. The van der Waals surface area contributed by atoms with E-state index in [1.807, 2.05) is 43.3 Å². The van der Waals surface area contributed by atoms with Crippen LogP contribution in [0.3, 0.4) is 0 Å². The molecule has 0 spiro atoms. The van der Waals surface area contributed by atoms with Crippen molar-refractivity contribution in [3.63, 3.8) is 0 Å². The van der Waals surface area contributed by atoms with Crippen molar-refractivity contribution in [2.45, 2.75) is 5.56 Å². The molecule has 0 aliphatic carbocycles. The van der Waals surface area contributed by atoms with E-state index in [2.05, 4.69) is 0 Å². The fourth-order valence-electron chi connectivity index (χ4n) is 0.931. The molecular formula is C9H12ClNO. The molecule has 2 nitrogen and oxygen atoms in total. The van der Waals surface area contributed by atoms with E-state index >= 15 is 0 Å². The van der Waals surface area contributed by atoms with E-state index in [1.165, 1.54) is 0 Å². The zero-order valence-electron chi connectivity index (χ0n) is 7.16. The zero-order chi connectivity index (χ0) is 9.14. The lowest BCUT2D eigenvalue weighted by atomic mass is 10.2. The van der Waals surface area contributed by atoms with Crippen LogP contribution in [0.25, 0.3) is 0 Å². The Kier molecular flexibility index (Phi) is 2.95. The van der Waals surface area contributed by atoms with Gasteiger partial charge in [-0.15, -0.1) is 0 Å². The molecule has 0 radical (unpaired) electrons. The lowest BCUT2D eigenvalue weighted by Gasteiger charge is -2.12. The van der Waals surface area contributed by atoms with Crippen LogP contribution in [-0.4, -0.2) is 19.2 Å². The SMILES string of the molecule is CN(C)c1ccc(C(O)Cl)cc1. The number of halogens is 1. The Bertz CT molecular complexity index is 216. The maximum absolute atomic E-state index is 9.01. The highest BCUT2D eigenvalue weighted by Crippen LogP contribution is 2.19. The normalized spacial score (nSPS) is 12.7. The Morgan fingerprint density at radius 3 is 2.08 bits per heavy atom. The van der Waals surface area contributed by atoms with Crippen molar-refractivity contribution in [1.82, 2.24) is 0 Å². The third-order valence-electron chi connectivity index (χ3n) is 1.68. The van der Waals surface area contributed by atoms with Crippen LogP contribution in [0.15, 0.2) is 24.3 Å². The van der Waals surface area contributed by atoms with Gasteiger partial charge in [0.1, 0.15) is 0 Å². The average Bonchev–Trinajstić information content (AvgIpc) is 2.04. The third-order valence-corrected chi connectivity index (χ3v) is 1.94. The van der Waals surface area contributed by atoms with Gasteiger partial charge in [0.15, 0.2) is 5.56 Å². The highest BCUT2D eigenvalue weighted by molar-refractivity contribution is 6.19. The summed E-state index contributed by atoms with van der Waals surface area (Å²) in [5.41, 5.74) is 0.916. The van der Waals surface area contributed by atoms with Crippen LogP contribution in [-0.2, 0) is 0 Å². The van der Waals surface area contributed by atoms with Crippen LogP contribution < -0.4 is 4.90 Å². The average molecular weight is 186 g/mol. The second-order valence-corrected chi connectivity index (χ2v) is 3.24. The van der Waals surface area contributed by atoms with Crippen LogP contribution in [0.4, 0.5) is 5.69 Å². The molecule has 0 amide bonds. The summed E-state index contributed by atoms with van der Waals surface area (Å²) in [4.78, 5) is 1.99. The van der Waals surface area contributed by atoms with Gasteiger partial charge in [-0.25, -0.2) is 0 Å². The smallest absolute Gasteiger partial charge is 0.153 e. The first-order valence-corrected chi connectivity index (χ1v) is 4.14. The van der Waals surface area contributed by atoms with Gasteiger partial charge < -0.3 is 10.0 Å². The quantitative estimate of drug-likeness (QED) is 0.713.